The molecular weight excluding hydrogens is 298 g/mol. The minimum absolute atomic E-state index is 0.108. The molecule has 2 heterocycles. The number of aromatic amines is 1. The topological polar surface area (TPSA) is 99.8 Å². The van der Waals surface area contributed by atoms with Crippen molar-refractivity contribution in [3.8, 4) is 0 Å². The van der Waals surface area contributed by atoms with Gasteiger partial charge in [-0.3, -0.25) is 5.10 Å². The van der Waals surface area contributed by atoms with Gasteiger partial charge in [-0.25, -0.2) is 18.1 Å². The summed E-state index contributed by atoms with van der Waals surface area (Å²) in [5, 5.41) is 11.4. The van der Waals surface area contributed by atoms with E-state index >= 15 is 0 Å². The Morgan fingerprint density at radius 1 is 1.40 bits per heavy atom. The van der Waals surface area contributed by atoms with Gasteiger partial charge in [0.25, 0.3) is 10.0 Å². The van der Waals surface area contributed by atoms with Crippen LogP contribution in [0.15, 0.2) is 22.1 Å². The van der Waals surface area contributed by atoms with Crippen LogP contribution in [0.2, 0.25) is 0 Å². The number of hydrogen-bond donors (Lipinski definition) is 3. The van der Waals surface area contributed by atoms with E-state index in [1.54, 1.807) is 10.9 Å². The number of rotatable bonds is 8. The summed E-state index contributed by atoms with van der Waals surface area (Å²) in [6.45, 7) is 3.52. The highest BCUT2D eigenvalue weighted by molar-refractivity contribution is 7.89. The van der Waals surface area contributed by atoms with Crippen LogP contribution < -0.4 is 10.0 Å². The Hall–Kier alpha value is -1.29. The first kappa shape index (κ1) is 15.1. The summed E-state index contributed by atoms with van der Waals surface area (Å²) in [6, 6.07) is 0. The van der Waals surface area contributed by atoms with Gasteiger partial charge in [-0.05, 0) is 13.0 Å². The zero-order valence-corrected chi connectivity index (χ0v) is 12.7. The predicted octanol–water partition coefficient (Wildman–Crippen LogP) is 0.844. The van der Waals surface area contributed by atoms with Gasteiger partial charge in [0.2, 0.25) is 0 Å². The van der Waals surface area contributed by atoms with Crippen LogP contribution in [0.3, 0.4) is 0 Å². The minimum atomic E-state index is -3.60. The third-order valence-electron chi connectivity index (χ3n) is 2.62. The molecule has 0 saturated heterocycles. The average molecular weight is 315 g/mol. The maximum atomic E-state index is 12.2. The number of nitrogens with zero attached hydrogens (tertiary/aromatic N) is 2. The monoisotopic (exact) mass is 315 g/mol. The van der Waals surface area contributed by atoms with Crippen LogP contribution in [0.4, 0.5) is 0 Å². The molecule has 20 heavy (non-hydrogen) atoms. The van der Waals surface area contributed by atoms with E-state index < -0.39 is 10.0 Å². The molecule has 0 aliphatic heterocycles. The number of hydrogen-bond acceptors (Lipinski definition) is 6. The van der Waals surface area contributed by atoms with Gasteiger partial charge in [-0.1, -0.05) is 6.92 Å². The molecule has 0 saturated carbocycles. The maximum Gasteiger partial charge on any atom is 0.258 e. The lowest BCUT2D eigenvalue weighted by Gasteiger charge is -2.06. The van der Waals surface area contributed by atoms with Crippen molar-refractivity contribution >= 4 is 21.4 Å². The summed E-state index contributed by atoms with van der Waals surface area (Å²) in [4.78, 5) is 4.04. The first-order chi connectivity index (χ1) is 9.63. The van der Waals surface area contributed by atoms with Gasteiger partial charge in [-0.2, -0.15) is 5.10 Å². The van der Waals surface area contributed by atoms with E-state index in [0.717, 1.165) is 13.0 Å². The smallest absolute Gasteiger partial charge is 0.258 e. The fourth-order valence-electron chi connectivity index (χ4n) is 1.62. The lowest BCUT2D eigenvalue weighted by atomic mass is 10.3. The van der Waals surface area contributed by atoms with Crippen LogP contribution in [-0.2, 0) is 23.1 Å². The number of nitrogens with one attached hydrogen (secondary N) is 3. The molecule has 0 fully saturated rings. The Morgan fingerprint density at radius 3 is 2.95 bits per heavy atom. The minimum Gasteiger partial charge on any atom is -0.313 e. The molecule has 7 nitrogen and oxygen atoms in total. The summed E-state index contributed by atoms with van der Waals surface area (Å²) >= 11 is 1.43. The van der Waals surface area contributed by atoms with Crippen LogP contribution in [0.1, 0.15) is 24.6 Å². The van der Waals surface area contributed by atoms with Gasteiger partial charge in [0.15, 0.2) is 5.03 Å². The molecule has 2 rings (SSSR count). The zero-order chi connectivity index (χ0) is 14.4. The molecule has 0 atom stereocenters. The molecule has 0 unspecified atom stereocenters. The fraction of sp³-hybridized carbons (Fsp3) is 0.455. The summed E-state index contributed by atoms with van der Waals surface area (Å²) in [7, 11) is -3.60. The van der Waals surface area contributed by atoms with E-state index in [4.69, 9.17) is 0 Å². The molecule has 0 amide bonds. The van der Waals surface area contributed by atoms with E-state index in [9.17, 15) is 8.42 Å². The average Bonchev–Trinajstić information content (AvgIpc) is 3.08. The van der Waals surface area contributed by atoms with Crippen LogP contribution in [0.5, 0.6) is 0 Å². The third-order valence-corrected chi connectivity index (χ3v) is 4.67. The van der Waals surface area contributed by atoms with Crippen molar-refractivity contribution in [2.24, 2.45) is 0 Å². The van der Waals surface area contributed by atoms with E-state index in [0.29, 0.717) is 17.8 Å². The molecule has 0 aromatic carbocycles. The molecule has 0 bridgehead atoms. The van der Waals surface area contributed by atoms with Gasteiger partial charge >= 0.3 is 0 Å². The van der Waals surface area contributed by atoms with Crippen LogP contribution >= 0.6 is 11.3 Å². The molecular formula is C11H17N5O2S2. The Kier molecular flexibility index (Phi) is 5.24. The van der Waals surface area contributed by atoms with E-state index in [1.165, 1.54) is 17.5 Å². The zero-order valence-electron chi connectivity index (χ0n) is 11.1. The number of thiazole rings is 1. The van der Waals surface area contributed by atoms with Crippen LogP contribution in [-0.4, -0.2) is 30.1 Å². The van der Waals surface area contributed by atoms with Gasteiger partial charge in [0.1, 0.15) is 0 Å². The highest BCUT2D eigenvalue weighted by atomic mass is 32.2. The molecule has 0 radical (unpaired) electrons. The molecule has 0 aliphatic rings. The van der Waals surface area contributed by atoms with Crippen LogP contribution in [0.25, 0.3) is 0 Å². The molecule has 0 aliphatic carbocycles. The fourth-order valence-corrected chi connectivity index (χ4v) is 3.31. The second-order valence-electron chi connectivity index (χ2n) is 4.21. The SMILES string of the molecule is CCCNCc1cn[nH]c1S(=O)(=O)NCc1cscn1. The van der Waals surface area contributed by atoms with Crippen LogP contribution in [0, 0.1) is 0 Å². The van der Waals surface area contributed by atoms with Gasteiger partial charge in [0.05, 0.1) is 23.9 Å². The normalized spacial score (nSPS) is 11.8. The Bertz CT molecular complexity index is 621. The first-order valence-electron chi connectivity index (χ1n) is 6.23. The molecule has 2 aromatic heterocycles. The summed E-state index contributed by atoms with van der Waals surface area (Å²) in [6.07, 6.45) is 2.52. The third kappa shape index (κ3) is 3.85. The lowest BCUT2D eigenvalue weighted by Crippen LogP contribution is -2.25. The van der Waals surface area contributed by atoms with E-state index in [1.807, 2.05) is 0 Å². The quantitative estimate of drug-likeness (QED) is 0.627. The Balaban J connectivity index is 2.03. The van der Waals surface area contributed by atoms with Gasteiger partial charge < -0.3 is 5.32 Å². The van der Waals surface area contributed by atoms with E-state index in [-0.39, 0.29) is 11.6 Å². The molecule has 0 spiro atoms. The second-order valence-corrected chi connectivity index (χ2v) is 6.63. The van der Waals surface area contributed by atoms with Crippen molar-refractivity contribution in [3.05, 3.63) is 28.3 Å². The number of sulfonamides is 1. The number of H-pyrrole nitrogens is 1. The van der Waals surface area contributed by atoms with Crippen molar-refractivity contribution in [1.82, 2.24) is 25.2 Å². The largest absolute Gasteiger partial charge is 0.313 e. The lowest BCUT2D eigenvalue weighted by molar-refractivity contribution is 0.573. The van der Waals surface area contributed by atoms with Crippen molar-refractivity contribution < 1.29 is 8.42 Å². The molecule has 9 heteroatoms. The molecule has 2 aromatic rings. The maximum absolute atomic E-state index is 12.2. The van der Waals surface area contributed by atoms with Gasteiger partial charge in [-0.15, -0.1) is 11.3 Å². The number of aromatic nitrogens is 3. The highest BCUT2D eigenvalue weighted by Crippen LogP contribution is 2.12. The first-order valence-corrected chi connectivity index (χ1v) is 8.65. The predicted molar refractivity (Wildman–Crippen MR) is 76.7 cm³/mol. The molecule has 3 N–H and O–H groups in total. The van der Waals surface area contributed by atoms with Crippen molar-refractivity contribution in [1.29, 1.82) is 0 Å². The van der Waals surface area contributed by atoms with Crippen molar-refractivity contribution in [3.63, 3.8) is 0 Å². The highest BCUT2D eigenvalue weighted by Gasteiger charge is 2.20. The molecule has 110 valence electrons. The standard InChI is InChI=1S/C11H17N5O2S2/c1-2-3-12-4-9-5-14-16-11(9)20(17,18)15-6-10-7-19-8-13-10/h5,7-8,12,15H,2-4,6H2,1H3,(H,14,16). The van der Waals surface area contributed by atoms with E-state index in [2.05, 4.69) is 32.1 Å². The Morgan fingerprint density at radius 2 is 2.25 bits per heavy atom. The summed E-state index contributed by atoms with van der Waals surface area (Å²) in [5.41, 5.74) is 2.99. The second kappa shape index (κ2) is 6.93. The van der Waals surface area contributed by atoms with Gasteiger partial charge in [0, 0.05) is 17.5 Å². The van der Waals surface area contributed by atoms with Crippen molar-refractivity contribution in [2.75, 3.05) is 6.54 Å². The van der Waals surface area contributed by atoms with Crippen molar-refractivity contribution in [2.45, 2.75) is 31.5 Å². The summed E-state index contributed by atoms with van der Waals surface area (Å²) in [5.74, 6) is 0. The Labute approximate surface area is 121 Å². The summed E-state index contributed by atoms with van der Waals surface area (Å²) < 4.78 is 26.9.